The number of nitrogens with one attached hydrogen (secondary N) is 1. The molecule has 1 N–H and O–H groups in total. The predicted octanol–water partition coefficient (Wildman–Crippen LogP) is 4.43. The van der Waals surface area contributed by atoms with E-state index in [9.17, 15) is 26.0 Å². The molecular weight excluding hydrogens is 476 g/mol. The first-order valence-electron chi connectivity index (χ1n) is 10.0. The van der Waals surface area contributed by atoms with Crippen LogP contribution in [0.5, 0.6) is 5.88 Å². The van der Waals surface area contributed by atoms with Crippen LogP contribution in [0.1, 0.15) is 18.1 Å². The summed E-state index contributed by atoms with van der Waals surface area (Å²) in [5.41, 5.74) is -0.157. The fraction of sp³-hybridized carbons (Fsp3) is 0.182. The number of sulfonamides is 1. The molecule has 2 aromatic carbocycles. The van der Waals surface area contributed by atoms with Crippen molar-refractivity contribution in [3.63, 3.8) is 0 Å². The first kappa shape index (κ1) is 23.6. The Hall–Kier alpha value is -3.51. The minimum atomic E-state index is -4.91. The number of alkyl halides is 3. The summed E-state index contributed by atoms with van der Waals surface area (Å²) in [7, 11) is -4.59. The summed E-state index contributed by atoms with van der Waals surface area (Å²) in [6.45, 7) is 1.87. The second kappa shape index (κ2) is 9.03. The van der Waals surface area contributed by atoms with Gasteiger partial charge >= 0.3 is 6.18 Å². The maximum absolute atomic E-state index is 13.6. The van der Waals surface area contributed by atoms with Crippen LogP contribution in [0.3, 0.4) is 0 Å². The average molecular weight is 494 g/mol. The van der Waals surface area contributed by atoms with Gasteiger partial charge in [-0.15, -0.1) is 5.10 Å². The summed E-state index contributed by atoms with van der Waals surface area (Å²) in [5, 5.41) is 4.20. The third kappa shape index (κ3) is 5.02. The smallest absolute Gasteiger partial charge is 0.417 e. The molecule has 0 fully saturated rings. The van der Waals surface area contributed by atoms with Crippen molar-refractivity contribution in [2.24, 2.45) is 0 Å². The van der Waals surface area contributed by atoms with Gasteiger partial charge in [0, 0.05) is 18.2 Å². The van der Waals surface area contributed by atoms with Crippen LogP contribution >= 0.6 is 0 Å². The van der Waals surface area contributed by atoms with E-state index in [1.54, 1.807) is 19.1 Å². The summed E-state index contributed by atoms with van der Waals surface area (Å²) in [4.78, 5) is 3.37. The second-order valence-electron chi connectivity index (χ2n) is 7.19. The normalized spacial score (nSPS) is 12.3. The lowest BCUT2D eigenvalue weighted by Gasteiger charge is -2.15. The monoisotopic (exact) mass is 494 g/mol. The third-order valence-corrected chi connectivity index (χ3v) is 6.28. The molecule has 0 saturated carbocycles. The molecule has 34 heavy (non-hydrogen) atoms. The Morgan fingerprint density at radius 1 is 1.06 bits per heavy atom. The van der Waals surface area contributed by atoms with Crippen LogP contribution in [0.4, 0.5) is 17.6 Å². The molecule has 0 bridgehead atoms. The van der Waals surface area contributed by atoms with E-state index in [1.165, 1.54) is 22.8 Å². The maximum atomic E-state index is 13.6. The number of hydrogen-bond donors (Lipinski definition) is 1. The van der Waals surface area contributed by atoms with E-state index >= 15 is 0 Å². The lowest BCUT2D eigenvalue weighted by molar-refractivity contribution is -0.139. The maximum Gasteiger partial charge on any atom is 0.417 e. The number of imidazole rings is 1. The zero-order chi connectivity index (χ0) is 24.5. The highest BCUT2D eigenvalue weighted by Crippen LogP contribution is 2.36. The highest BCUT2D eigenvalue weighted by Gasteiger charge is 2.37. The number of nitrogens with zero attached hydrogens (tertiary/aromatic N) is 3. The molecule has 0 spiro atoms. The first-order chi connectivity index (χ1) is 16.1. The molecule has 0 unspecified atom stereocenters. The molecule has 0 saturated heterocycles. The summed E-state index contributed by atoms with van der Waals surface area (Å²) < 4.78 is 88.6. The highest BCUT2D eigenvalue weighted by atomic mass is 32.2. The van der Waals surface area contributed by atoms with Crippen molar-refractivity contribution in [3.05, 3.63) is 77.7 Å². The van der Waals surface area contributed by atoms with Gasteiger partial charge in [0.25, 0.3) is 0 Å². The van der Waals surface area contributed by atoms with Crippen molar-refractivity contribution >= 4 is 15.7 Å². The van der Waals surface area contributed by atoms with E-state index in [1.807, 2.05) is 0 Å². The number of rotatable bonds is 7. The Labute approximate surface area is 192 Å². The Balaban J connectivity index is 1.72. The summed E-state index contributed by atoms with van der Waals surface area (Å²) >= 11 is 0. The van der Waals surface area contributed by atoms with E-state index in [4.69, 9.17) is 4.74 Å². The molecule has 2 heterocycles. The van der Waals surface area contributed by atoms with Gasteiger partial charge in [0.2, 0.25) is 15.9 Å². The molecule has 2 aromatic heterocycles. The first-order valence-corrected chi connectivity index (χ1v) is 11.5. The van der Waals surface area contributed by atoms with Crippen molar-refractivity contribution < 1.29 is 30.7 Å². The van der Waals surface area contributed by atoms with E-state index in [0.717, 1.165) is 24.3 Å². The van der Waals surface area contributed by atoms with Gasteiger partial charge in [0.05, 0.1) is 29.0 Å². The second-order valence-corrected chi connectivity index (χ2v) is 8.93. The zero-order valence-corrected chi connectivity index (χ0v) is 18.5. The van der Waals surface area contributed by atoms with Gasteiger partial charge in [-0.25, -0.2) is 27.0 Å². The topological polar surface area (TPSA) is 85.6 Å². The van der Waals surface area contributed by atoms with Gasteiger partial charge < -0.3 is 4.74 Å². The molecule has 178 valence electrons. The van der Waals surface area contributed by atoms with E-state index in [0.29, 0.717) is 29.8 Å². The molecule has 0 aliphatic carbocycles. The molecule has 0 aliphatic heterocycles. The Morgan fingerprint density at radius 2 is 1.79 bits per heavy atom. The van der Waals surface area contributed by atoms with Crippen LogP contribution in [-0.2, 0) is 22.7 Å². The van der Waals surface area contributed by atoms with Crippen molar-refractivity contribution in [1.29, 1.82) is 0 Å². The highest BCUT2D eigenvalue weighted by molar-refractivity contribution is 7.89. The zero-order valence-electron chi connectivity index (χ0n) is 17.7. The molecule has 0 atom stereocenters. The number of aromatic nitrogens is 3. The Bertz CT molecular complexity index is 1440. The van der Waals surface area contributed by atoms with Crippen LogP contribution in [0.25, 0.3) is 16.9 Å². The lowest BCUT2D eigenvalue weighted by Crippen LogP contribution is -2.26. The minimum absolute atomic E-state index is 0.151. The molecule has 0 amide bonds. The largest absolute Gasteiger partial charge is 0.477 e. The predicted molar refractivity (Wildman–Crippen MR) is 115 cm³/mol. The fourth-order valence-corrected chi connectivity index (χ4v) is 4.49. The molecule has 12 heteroatoms. The SMILES string of the molecule is CCOc1ccc2nc(-c3ccc(C(F)(F)F)c(S(=O)(=O)NCc4ccc(F)cc4)c3)cn2n1. The van der Waals surface area contributed by atoms with E-state index in [2.05, 4.69) is 14.8 Å². The standard InChI is InChI=1S/C22H18F4N4O3S/c1-2-33-21-10-9-20-28-18(13-30(20)29-21)15-5-8-17(22(24,25)26)19(11-15)34(31,32)27-12-14-3-6-16(23)7-4-14/h3-11,13,27H,2,12H2,1H3. The molecule has 7 nitrogen and oxygen atoms in total. The van der Waals surface area contributed by atoms with Crippen molar-refractivity contribution in [2.45, 2.75) is 24.5 Å². The molecular formula is C22H18F4N4O3S. The number of ether oxygens (including phenoxy) is 1. The number of hydrogen-bond acceptors (Lipinski definition) is 5. The summed E-state index contributed by atoms with van der Waals surface area (Å²) in [6.07, 6.45) is -3.45. The van der Waals surface area contributed by atoms with Crippen LogP contribution in [-0.4, -0.2) is 29.6 Å². The van der Waals surface area contributed by atoms with Crippen LogP contribution in [0.15, 0.2) is 65.7 Å². The lowest BCUT2D eigenvalue weighted by atomic mass is 10.1. The van der Waals surface area contributed by atoms with Crippen molar-refractivity contribution in [1.82, 2.24) is 19.3 Å². The number of halogens is 4. The average Bonchev–Trinajstić information content (AvgIpc) is 3.21. The van der Waals surface area contributed by atoms with Gasteiger partial charge in [-0.3, -0.25) is 0 Å². The van der Waals surface area contributed by atoms with Crippen molar-refractivity contribution in [2.75, 3.05) is 6.61 Å². The Morgan fingerprint density at radius 3 is 2.47 bits per heavy atom. The third-order valence-electron chi connectivity index (χ3n) is 4.84. The quantitative estimate of drug-likeness (QED) is 0.384. The van der Waals surface area contributed by atoms with Gasteiger partial charge in [-0.2, -0.15) is 13.2 Å². The van der Waals surface area contributed by atoms with Crippen molar-refractivity contribution in [3.8, 4) is 17.1 Å². The molecule has 4 aromatic rings. The summed E-state index contributed by atoms with van der Waals surface area (Å²) in [6, 6.07) is 10.9. The van der Waals surface area contributed by atoms with Gasteiger partial charge in [-0.05, 0) is 42.8 Å². The van der Waals surface area contributed by atoms with Gasteiger partial charge in [-0.1, -0.05) is 18.2 Å². The minimum Gasteiger partial charge on any atom is -0.477 e. The van der Waals surface area contributed by atoms with Crippen LogP contribution in [0.2, 0.25) is 0 Å². The van der Waals surface area contributed by atoms with E-state index < -0.39 is 32.5 Å². The number of fused-ring (bicyclic) bond motifs is 1. The van der Waals surface area contributed by atoms with Gasteiger partial charge in [0.1, 0.15) is 5.82 Å². The Kier molecular flexibility index (Phi) is 6.28. The molecule has 4 rings (SSSR count). The van der Waals surface area contributed by atoms with Crippen LogP contribution < -0.4 is 9.46 Å². The molecule has 0 aliphatic rings. The van der Waals surface area contributed by atoms with Gasteiger partial charge in [0.15, 0.2) is 5.65 Å². The summed E-state index contributed by atoms with van der Waals surface area (Å²) in [5.74, 6) is -0.186. The fourth-order valence-electron chi connectivity index (χ4n) is 3.23. The van der Waals surface area contributed by atoms with E-state index in [-0.39, 0.29) is 17.8 Å². The van der Waals surface area contributed by atoms with Crippen LogP contribution in [0, 0.1) is 5.82 Å². The molecule has 0 radical (unpaired) electrons. The number of benzene rings is 2.